The molecule has 4 fully saturated rings. The Kier molecular flexibility index (Phi) is 10.7. The number of nitrogens with two attached hydrogens (primary N) is 2. The molecule has 16 heteroatoms. The van der Waals surface area contributed by atoms with Gasteiger partial charge in [0, 0.05) is 68.1 Å². The second-order valence-corrected chi connectivity index (χ2v) is 14.9. The Balaban J connectivity index is 0.00000229. The molecule has 8 rings (SSSR count). The van der Waals surface area contributed by atoms with E-state index in [9.17, 15) is 14.4 Å². The van der Waals surface area contributed by atoms with E-state index in [1.54, 1.807) is 18.2 Å². The molecule has 0 unspecified atom stereocenters. The third kappa shape index (κ3) is 7.82. The van der Waals surface area contributed by atoms with Crippen LogP contribution >= 0.6 is 0 Å². The first-order valence-electron chi connectivity index (χ1n) is 19.3. The number of anilines is 2. The van der Waals surface area contributed by atoms with Gasteiger partial charge in [-0.05, 0) is 62.1 Å². The largest absolute Gasteiger partial charge is 0.393 e. The molecule has 0 spiro atoms. The van der Waals surface area contributed by atoms with Crippen molar-refractivity contribution in [2.75, 3.05) is 43.4 Å². The summed E-state index contributed by atoms with van der Waals surface area (Å²) >= 11 is 0. The number of rotatable bonds is 11. The molecule has 2 aromatic heterocycles. The number of carbonyl (C=O) groups is 3. The van der Waals surface area contributed by atoms with E-state index in [-0.39, 0.29) is 47.0 Å². The van der Waals surface area contributed by atoms with Gasteiger partial charge in [0.15, 0.2) is 0 Å². The van der Waals surface area contributed by atoms with Crippen LogP contribution in [0.15, 0.2) is 65.9 Å². The number of para-hydroxylation sites is 1. The van der Waals surface area contributed by atoms with E-state index in [2.05, 4.69) is 25.8 Å². The van der Waals surface area contributed by atoms with E-state index in [4.69, 9.17) is 32.3 Å². The summed E-state index contributed by atoms with van der Waals surface area (Å²) in [5, 5.41) is 12.5. The van der Waals surface area contributed by atoms with E-state index in [1.165, 1.54) is 6.08 Å². The highest BCUT2D eigenvalue weighted by Gasteiger charge is 2.41. The average molecular weight is 742 g/mol. The van der Waals surface area contributed by atoms with Crippen LogP contribution in [0, 0.1) is 5.92 Å². The van der Waals surface area contributed by atoms with Crippen LogP contribution in [-0.2, 0) is 21.5 Å². The minimum atomic E-state index is -1.36. The van der Waals surface area contributed by atoms with Crippen LogP contribution in [0.3, 0.4) is 0 Å². The summed E-state index contributed by atoms with van der Waals surface area (Å²) in [6.45, 7) is 7.13. The minimum Gasteiger partial charge on any atom is -0.393 e. The summed E-state index contributed by atoms with van der Waals surface area (Å²) < 4.78 is 2.04. The van der Waals surface area contributed by atoms with Crippen LogP contribution in [0.4, 0.5) is 11.4 Å². The molecule has 2 saturated carbocycles. The first kappa shape index (κ1) is 38.1. The molecule has 55 heavy (non-hydrogen) atoms. The van der Waals surface area contributed by atoms with Crippen molar-refractivity contribution in [2.24, 2.45) is 17.4 Å². The van der Waals surface area contributed by atoms with Crippen LogP contribution in [0.1, 0.15) is 80.3 Å². The topological polar surface area (TPSA) is 180 Å². The molecule has 14 nitrogen and oxygen atoms in total. The van der Waals surface area contributed by atoms with E-state index in [1.807, 2.05) is 59.8 Å². The lowest BCUT2D eigenvalue weighted by Gasteiger charge is -2.50. The minimum absolute atomic E-state index is 0.0224. The number of nitrogens with zero attached hydrogens (tertiary/aromatic N) is 6. The molecule has 1 aromatic carbocycles. The average Bonchev–Trinajstić information content (AvgIpc) is 4.08. The lowest BCUT2D eigenvalue weighted by Crippen LogP contribution is -2.60. The summed E-state index contributed by atoms with van der Waals surface area (Å²) in [5.74, 6) is -0.582. The molecule has 5 aliphatic rings. The van der Waals surface area contributed by atoms with Crippen molar-refractivity contribution >= 4 is 44.8 Å². The smallest absolute Gasteiger partial charge is 0.272 e. The van der Waals surface area contributed by atoms with Gasteiger partial charge >= 0.3 is 0 Å². The van der Waals surface area contributed by atoms with E-state index < -0.39 is 11.2 Å². The van der Waals surface area contributed by atoms with Gasteiger partial charge in [0.25, 0.3) is 11.8 Å². The fourth-order valence-electron chi connectivity index (χ4n) is 7.32. The first-order valence-corrected chi connectivity index (χ1v) is 19.3. The Morgan fingerprint density at radius 1 is 0.964 bits per heavy atom. The van der Waals surface area contributed by atoms with Crippen LogP contribution in [0.25, 0.3) is 11.1 Å². The summed E-state index contributed by atoms with van der Waals surface area (Å²) in [6.07, 6.45) is 8.86. The van der Waals surface area contributed by atoms with Crippen LogP contribution in [0.5, 0.6) is 0 Å². The zero-order valence-corrected chi connectivity index (χ0v) is 31.8. The number of nitrogens with one attached hydrogen (secondary N) is 3. The monoisotopic (exact) mass is 741 g/mol. The summed E-state index contributed by atoms with van der Waals surface area (Å²) in [7, 11) is 15.4. The maximum Gasteiger partial charge on any atom is 0.272 e. The molecule has 2 aliphatic carbocycles. The Morgan fingerprint density at radius 2 is 1.67 bits per heavy atom. The second kappa shape index (κ2) is 15.5. The SMILES string of the molecule is CC.[B]C([B])(c1cccc(C(=O)N2CCCC2)n1)N1CC(n2ncc3c2CN(C)c2c(NC(/C=C(\N)NC(=O)C4CC4)=C(/N)C(=O)NC4CC4)cccc2-3)C1. The fourth-order valence-corrected chi connectivity index (χ4v) is 7.32. The molecule has 0 bridgehead atoms. The summed E-state index contributed by atoms with van der Waals surface area (Å²) in [4.78, 5) is 49.0. The fraction of sp³-hybridized carbons (Fsp3) is 0.462. The van der Waals surface area contributed by atoms with Crippen molar-refractivity contribution in [3.8, 4) is 11.1 Å². The molecule has 3 amide bonds. The number of aromatic nitrogens is 3. The van der Waals surface area contributed by atoms with Crippen molar-refractivity contribution < 1.29 is 14.4 Å². The normalized spacial score (nSPS) is 18.9. The molecule has 7 N–H and O–H groups in total. The van der Waals surface area contributed by atoms with Crippen LogP contribution in [0.2, 0.25) is 0 Å². The van der Waals surface area contributed by atoms with Gasteiger partial charge in [-0.1, -0.05) is 32.0 Å². The number of hydrogen-bond donors (Lipinski definition) is 5. The summed E-state index contributed by atoms with van der Waals surface area (Å²) in [5.41, 5.74) is 18.3. The van der Waals surface area contributed by atoms with E-state index >= 15 is 0 Å². The van der Waals surface area contributed by atoms with Crippen molar-refractivity contribution in [2.45, 2.75) is 76.3 Å². The second-order valence-electron chi connectivity index (χ2n) is 14.9. The number of hydrogen-bond acceptors (Lipinski definition) is 10. The van der Waals surface area contributed by atoms with Crippen molar-refractivity contribution in [3.63, 3.8) is 0 Å². The quantitative estimate of drug-likeness (QED) is 0.111. The summed E-state index contributed by atoms with van der Waals surface area (Å²) in [6, 6.07) is 11.3. The number of allylic oxidation sites excluding steroid dienone is 1. The standard InChI is InChI=1S/C37H43B2N11O3.C2H6/c1-47-20-29-25(17-42-50(29)23-18-49(19-23)37(38,39)30-9-5-8-27(45-30)36(53)48-14-2-3-15-48)24-6-4-7-26(33(24)47)44-28(32(41)35(52)43-22-12-13-22)16-31(40)46-34(51)21-10-11-21;1-2/h4-9,16-17,21-23,44H,2-3,10-15,18-20,40-41H2,1H3,(H,43,52)(H,46,51);1-2H3/b31-16+,32-28+;. The van der Waals surface area contributed by atoms with Gasteiger partial charge in [-0.15, -0.1) is 0 Å². The highest BCUT2D eigenvalue weighted by molar-refractivity contribution is 6.39. The molecule has 2 saturated heterocycles. The van der Waals surface area contributed by atoms with Gasteiger partial charge < -0.3 is 42.1 Å². The molecular formula is C39H49B2N11O3. The van der Waals surface area contributed by atoms with Crippen molar-refractivity contribution in [3.05, 3.63) is 83.0 Å². The first-order chi connectivity index (χ1) is 26.5. The molecule has 3 aromatic rings. The van der Waals surface area contributed by atoms with Gasteiger partial charge in [-0.2, -0.15) is 5.10 Å². The predicted molar refractivity (Wildman–Crippen MR) is 213 cm³/mol. The number of fused-ring (bicyclic) bond motifs is 3. The third-order valence-corrected chi connectivity index (χ3v) is 10.7. The molecule has 4 radical (unpaired) electrons. The Labute approximate surface area is 324 Å². The number of benzene rings is 1. The number of likely N-dealkylation sites (tertiary alicyclic amines) is 2. The van der Waals surface area contributed by atoms with Crippen molar-refractivity contribution in [1.29, 1.82) is 0 Å². The predicted octanol–water partition coefficient (Wildman–Crippen LogP) is 2.35. The lowest BCUT2D eigenvalue weighted by molar-refractivity contribution is -0.121. The van der Waals surface area contributed by atoms with Gasteiger partial charge in [-0.3, -0.25) is 19.1 Å². The zero-order valence-electron chi connectivity index (χ0n) is 31.8. The van der Waals surface area contributed by atoms with Crippen LogP contribution in [-0.4, -0.2) is 97.2 Å². The molecule has 0 atom stereocenters. The van der Waals surface area contributed by atoms with Gasteiger partial charge in [-0.25, -0.2) is 4.98 Å². The molecular weight excluding hydrogens is 692 g/mol. The van der Waals surface area contributed by atoms with Crippen molar-refractivity contribution in [1.82, 2.24) is 35.2 Å². The lowest BCUT2D eigenvalue weighted by atomic mass is 9.57. The maximum absolute atomic E-state index is 13.1. The Bertz CT molecular complexity index is 2030. The van der Waals surface area contributed by atoms with Gasteiger partial charge in [0.2, 0.25) is 5.91 Å². The van der Waals surface area contributed by atoms with E-state index in [0.717, 1.165) is 74.1 Å². The molecule has 5 heterocycles. The Morgan fingerprint density at radius 3 is 2.36 bits per heavy atom. The number of amides is 3. The number of carbonyl (C=O) groups excluding carboxylic acids is 3. The van der Waals surface area contributed by atoms with Gasteiger partial charge in [0.05, 0.1) is 57.2 Å². The van der Waals surface area contributed by atoms with E-state index in [0.29, 0.717) is 36.7 Å². The maximum atomic E-state index is 13.1. The highest BCUT2D eigenvalue weighted by Crippen LogP contribution is 2.45. The zero-order chi connectivity index (χ0) is 39.0. The van der Waals surface area contributed by atoms with Gasteiger partial charge in [0.1, 0.15) is 17.2 Å². The molecule has 3 aliphatic heterocycles. The Hall–Kier alpha value is -5.24. The number of pyridine rings is 1. The highest BCUT2D eigenvalue weighted by atomic mass is 16.2. The van der Waals surface area contributed by atoms with Crippen LogP contribution < -0.4 is 32.3 Å². The third-order valence-electron chi connectivity index (χ3n) is 10.7. The molecule has 284 valence electrons.